The van der Waals surface area contributed by atoms with E-state index >= 15 is 0 Å². The van der Waals surface area contributed by atoms with Crippen LogP contribution in [0.25, 0.3) is 0 Å². The lowest BCUT2D eigenvalue weighted by atomic mass is 9.97. The van der Waals surface area contributed by atoms with Crippen LogP contribution in [0.1, 0.15) is 35.8 Å². The zero-order valence-electron chi connectivity index (χ0n) is 14.0. The molecule has 2 aromatic heterocycles. The Kier molecular flexibility index (Phi) is 6.87. The minimum Gasteiger partial charge on any atom is -0.347 e. The Morgan fingerprint density at radius 3 is 3.04 bits per heavy atom. The van der Waals surface area contributed by atoms with Crippen LogP contribution in [0, 0.1) is 0 Å². The van der Waals surface area contributed by atoms with Gasteiger partial charge in [0.25, 0.3) is 0 Å². The van der Waals surface area contributed by atoms with E-state index in [1.165, 1.54) is 12.8 Å². The molecule has 0 radical (unpaired) electrons. The molecule has 0 spiro atoms. The number of aromatic nitrogens is 4. The third-order valence-electron chi connectivity index (χ3n) is 4.80. The van der Waals surface area contributed by atoms with Crippen LogP contribution in [0.5, 0.6) is 0 Å². The van der Waals surface area contributed by atoms with Crippen molar-refractivity contribution in [2.75, 3.05) is 19.6 Å². The summed E-state index contributed by atoms with van der Waals surface area (Å²) in [5.74, 6) is 0.587. The lowest BCUT2D eigenvalue weighted by Gasteiger charge is -2.26. The second kappa shape index (κ2) is 8.69. The smallest absolute Gasteiger partial charge is 0.244 e. The van der Waals surface area contributed by atoms with Gasteiger partial charge in [-0.25, -0.2) is 4.98 Å². The average Bonchev–Trinajstić information content (AvgIpc) is 3.24. The van der Waals surface area contributed by atoms with E-state index < -0.39 is 0 Å². The third kappa shape index (κ3) is 4.34. The largest absolute Gasteiger partial charge is 0.347 e. The van der Waals surface area contributed by atoms with Crippen molar-refractivity contribution in [1.29, 1.82) is 0 Å². The van der Waals surface area contributed by atoms with Gasteiger partial charge in [0.05, 0.1) is 30.0 Å². The normalized spacial score (nSPS) is 19.5. The summed E-state index contributed by atoms with van der Waals surface area (Å²) in [5, 5.41) is 8.02. The Bertz CT molecular complexity index is 694. The number of amides is 1. The fraction of sp³-hybridized carbons (Fsp3) is 0.562. The lowest BCUT2D eigenvalue weighted by molar-refractivity contribution is -0.133. The maximum Gasteiger partial charge on any atom is 0.244 e. The number of nitrogens with zero attached hydrogens (tertiary/aromatic N) is 4. The molecular formula is C16H24Cl2N6O. The number of nitrogens with one attached hydrogen (secondary N) is 2. The van der Waals surface area contributed by atoms with Crippen LogP contribution in [-0.4, -0.2) is 50.2 Å². The number of hydrogen-bond acceptors (Lipinski definition) is 4. The van der Waals surface area contributed by atoms with Gasteiger partial charge in [0.15, 0.2) is 0 Å². The second-order valence-corrected chi connectivity index (χ2v) is 6.37. The number of aromatic amines is 1. The van der Waals surface area contributed by atoms with Crippen LogP contribution >= 0.6 is 24.8 Å². The van der Waals surface area contributed by atoms with Crippen molar-refractivity contribution in [2.45, 2.75) is 38.3 Å². The van der Waals surface area contributed by atoms with Gasteiger partial charge in [-0.05, 0) is 25.5 Å². The van der Waals surface area contributed by atoms with Crippen molar-refractivity contribution in [3.8, 4) is 0 Å². The Hall–Kier alpha value is -1.57. The Balaban J connectivity index is 0.00000113. The first kappa shape index (κ1) is 19.8. The van der Waals surface area contributed by atoms with Crippen LogP contribution in [0.4, 0.5) is 0 Å². The summed E-state index contributed by atoms with van der Waals surface area (Å²) in [4.78, 5) is 21.8. The van der Waals surface area contributed by atoms with Gasteiger partial charge in [-0.15, -0.1) is 24.8 Å². The van der Waals surface area contributed by atoms with Gasteiger partial charge in [0.1, 0.15) is 6.54 Å². The van der Waals surface area contributed by atoms with E-state index in [9.17, 15) is 4.79 Å². The van der Waals surface area contributed by atoms with Crippen LogP contribution in [0.15, 0.2) is 18.6 Å². The summed E-state index contributed by atoms with van der Waals surface area (Å²) in [7, 11) is 0. The summed E-state index contributed by atoms with van der Waals surface area (Å²) < 4.78 is 1.77. The molecule has 9 heteroatoms. The average molecular weight is 387 g/mol. The summed E-state index contributed by atoms with van der Waals surface area (Å²) in [6.07, 6.45) is 6.82. The Morgan fingerprint density at radius 1 is 1.36 bits per heavy atom. The predicted molar refractivity (Wildman–Crippen MR) is 99.3 cm³/mol. The van der Waals surface area contributed by atoms with E-state index in [-0.39, 0.29) is 30.7 Å². The molecule has 0 saturated carbocycles. The molecule has 0 aliphatic carbocycles. The number of carbonyl (C=O) groups excluding carboxylic acids is 1. The number of fused-ring (bicyclic) bond motifs is 1. The molecule has 1 fully saturated rings. The predicted octanol–water partition coefficient (Wildman–Crippen LogP) is 1.50. The highest BCUT2D eigenvalue weighted by atomic mass is 35.5. The molecule has 0 aromatic carbocycles. The zero-order chi connectivity index (χ0) is 15.6. The quantitative estimate of drug-likeness (QED) is 0.837. The number of piperidine rings is 1. The molecule has 4 rings (SSSR count). The maximum absolute atomic E-state index is 12.5. The van der Waals surface area contributed by atoms with Gasteiger partial charge in [-0.1, -0.05) is 0 Å². The van der Waals surface area contributed by atoms with Crippen molar-refractivity contribution >= 4 is 30.7 Å². The van der Waals surface area contributed by atoms with Crippen LogP contribution in [0.2, 0.25) is 0 Å². The summed E-state index contributed by atoms with van der Waals surface area (Å²) >= 11 is 0. The molecule has 138 valence electrons. The zero-order valence-corrected chi connectivity index (χ0v) is 15.6. The van der Waals surface area contributed by atoms with Gasteiger partial charge in [-0.3, -0.25) is 9.48 Å². The van der Waals surface area contributed by atoms with E-state index in [2.05, 4.69) is 20.4 Å². The number of halogens is 2. The molecule has 1 saturated heterocycles. The number of H-pyrrole nitrogens is 1. The molecule has 2 aliphatic heterocycles. The first-order chi connectivity index (χ1) is 11.3. The third-order valence-corrected chi connectivity index (χ3v) is 4.80. The highest BCUT2D eigenvalue weighted by molar-refractivity contribution is 5.85. The first-order valence-corrected chi connectivity index (χ1v) is 8.32. The number of hydrogen-bond donors (Lipinski definition) is 2. The summed E-state index contributed by atoms with van der Waals surface area (Å²) in [5.41, 5.74) is 3.23. The molecule has 2 N–H and O–H groups in total. The molecule has 1 amide bonds. The van der Waals surface area contributed by atoms with Crippen molar-refractivity contribution in [3.63, 3.8) is 0 Å². The van der Waals surface area contributed by atoms with Gasteiger partial charge >= 0.3 is 0 Å². The number of carbonyl (C=O) groups is 1. The van der Waals surface area contributed by atoms with Gasteiger partial charge in [0, 0.05) is 31.6 Å². The summed E-state index contributed by atoms with van der Waals surface area (Å²) in [6, 6.07) is 2.05. The van der Waals surface area contributed by atoms with E-state index in [1.54, 1.807) is 11.0 Å². The fourth-order valence-corrected chi connectivity index (χ4v) is 3.45. The van der Waals surface area contributed by atoms with Gasteiger partial charge in [0.2, 0.25) is 5.91 Å². The molecule has 1 unspecified atom stereocenters. The molecule has 4 heterocycles. The van der Waals surface area contributed by atoms with Crippen LogP contribution in [-0.2, 0) is 24.3 Å². The van der Waals surface area contributed by atoms with E-state index in [1.807, 2.05) is 17.2 Å². The van der Waals surface area contributed by atoms with Crippen molar-refractivity contribution in [2.24, 2.45) is 0 Å². The molecule has 1 atom stereocenters. The van der Waals surface area contributed by atoms with E-state index in [4.69, 9.17) is 0 Å². The van der Waals surface area contributed by atoms with Gasteiger partial charge < -0.3 is 15.2 Å². The minimum absolute atomic E-state index is 0. The number of rotatable bonds is 3. The van der Waals surface area contributed by atoms with E-state index in [0.29, 0.717) is 19.0 Å². The second-order valence-electron chi connectivity index (χ2n) is 6.37. The summed E-state index contributed by atoms with van der Waals surface area (Å²) in [6.45, 7) is 3.75. The molecule has 7 nitrogen and oxygen atoms in total. The SMILES string of the molecule is Cl.Cl.O=C(Cn1ccc(C2CCCNC2)n1)N1CCc2nc[nH]c2C1. The molecule has 2 aromatic rings. The monoisotopic (exact) mass is 386 g/mol. The topological polar surface area (TPSA) is 78.8 Å². The van der Waals surface area contributed by atoms with Crippen LogP contribution < -0.4 is 5.32 Å². The molecule has 2 aliphatic rings. The first-order valence-electron chi connectivity index (χ1n) is 8.32. The molecular weight excluding hydrogens is 363 g/mol. The fourth-order valence-electron chi connectivity index (χ4n) is 3.45. The van der Waals surface area contributed by atoms with Crippen molar-refractivity contribution < 1.29 is 4.79 Å². The standard InChI is InChI=1S/C16H22N6O.2ClH/c23-16(21-6-3-14-15(9-21)19-11-18-14)10-22-7-4-13(20-22)12-2-1-5-17-8-12;;/h4,7,11-12,17H,1-3,5-6,8-10H2,(H,18,19);2*1H. The highest BCUT2D eigenvalue weighted by Gasteiger charge is 2.23. The Labute approximate surface area is 159 Å². The Morgan fingerprint density at radius 2 is 2.24 bits per heavy atom. The molecule has 25 heavy (non-hydrogen) atoms. The van der Waals surface area contributed by atoms with Crippen molar-refractivity contribution in [1.82, 2.24) is 30.0 Å². The van der Waals surface area contributed by atoms with Crippen molar-refractivity contribution in [3.05, 3.63) is 35.7 Å². The van der Waals surface area contributed by atoms with Crippen LogP contribution in [0.3, 0.4) is 0 Å². The molecule has 0 bridgehead atoms. The van der Waals surface area contributed by atoms with Gasteiger partial charge in [-0.2, -0.15) is 5.10 Å². The number of imidazole rings is 1. The van der Waals surface area contributed by atoms with E-state index in [0.717, 1.165) is 43.1 Å². The lowest BCUT2D eigenvalue weighted by Crippen LogP contribution is -2.38. The highest BCUT2D eigenvalue weighted by Crippen LogP contribution is 2.21. The minimum atomic E-state index is 0. The maximum atomic E-state index is 12.5.